The van der Waals surface area contributed by atoms with Crippen molar-refractivity contribution in [1.82, 2.24) is 0 Å². The Labute approximate surface area is 117 Å². The molecule has 1 saturated heterocycles. The zero-order valence-corrected chi connectivity index (χ0v) is 12.1. The first kappa shape index (κ1) is 13.5. The molecule has 1 aromatic carbocycles. The van der Waals surface area contributed by atoms with Crippen LogP contribution in [0, 0.1) is 0 Å². The van der Waals surface area contributed by atoms with Crippen LogP contribution >= 0.6 is 35.0 Å². The largest absolute Gasteiger partial charge is 0.388 e. The molecule has 1 aliphatic rings. The highest BCUT2D eigenvalue weighted by atomic mass is 35.5. The highest BCUT2D eigenvalue weighted by Crippen LogP contribution is 2.38. The fraction of sp³-hybridized carbons (Fsp3) is 0.538. The van der Waals surface area contributed by atoms with E-state index in [1.165, 1.54) is 0 Å². The first-order chi connectivity index (χ1) is 8.03. The molecule has 94 valence electrons. The second kappa shape index (κ2) is 5.40. The van der Waals surface area contributed by atoms with Crippen molar-refractivity contribution in [1.29, 1.82) is 0 Å². The summed E-state index contributed by atoms with van der Waals surface area (Å²) in [6.45, 7) is 2.09. The van der Waals surface area contributed by atoms with E-state index in [1.807, 2.05) is 23.9 Å². The zero-order valence-electron chi connectivity index (χ0n) is 9.75. The second-order valence-corrected chi connectivity index (χ2v) is 6.84. The van der Waals surface area contributed by atoms with Crippen LogP contribution in [0.3, 0.4) is 0 Å². The normalized spacial score (nSPS) is 29.3. The van der Waals surface area contributed by atoms with Crippen molar-refractivity contribution in [3.8, 4) is 0 Å². The van der Waals surface area contributed by atoms with Crippen LogP contribution in [0.4, 0.5) is 0 Å². The second-order valence-electron chi connectivity index (χ2n) is 4.61. The molecule has 0 bridgehead atoms. The third-order valence-corrected chi connectivity index (χ3v) is 5.73. The summed E-state index contributed by atoms with van der Waals surface area (Å²) in [6, 6.07) is 5.60. The standard InChI is InChI=1S/C13H16Cl2OS/c1-9-13(16,6-3-7-17-9)8-10-4-2-5-11(14)12(10)15/h2,4-5,9,16H,3,6-8H2,1H3. The lowest BCUT2D eigenvalue weighted by Gasteiger charge is -2.38. The summed E-state index contributed by atoms with van der Waals surface area (Å²) in [5.74, 6) is 1.13. The Bertz CT molecular complexity index is 410. The summed E-state index contributed by atoms with van der Waals surface area (Å²) < 4.78 is 0. The average Bonchev–Trinajstić information content (AvgIpc) is 2.29. The first-order valence-electron chi connectivity index (χ1n) is 5.80. The van der Waals surface area contributed by atoms with Crippen LogP contribution in [0.5, 0.6) is 0 Å². The van der Waals surface area contributed by atoms with E-state index in [1.54, 1.807) is 6.07 Å². The topological polar surface area (TPSA) is 20.2 Å². The molecular weight excluding hydrogens is 275 g/mol. The Kier molecular flexibility index (Phi) is 4.30. The Morgan fingerprint density at radius 2 is 2.24 bits per heavy atom. The van der Waals surface area contributed by atoms with Crippen LogP contribution in [0.25, 0.3) is 0 Å². The molecule has 1 aromatic rings. The van der Waals surface area contributed by atoms with Gasteiger partial charge in [0.15, 0.2) is 0 Å². The fourth-order valence-corrected chi connectivity index (χ4v) is 3.81. The van der Waals surface area contributed by atoms with Crippen LogP contribution < -0.4 is 0 Å². The number of benzene rings is 1. The summed E-state index contributed by atoms with van der Waals surface area (Å²) in [6.07, 6.45) is 2.48. The number of hydrogen-bond donors (Lipinski definition) is 1. The summed E-state index contributed by atoms with van der Waals surface area (Å²) in [5, 5.41) is 12.1. The predicted octanol–water partition coefficient (Wildman–Crippen LogP) is 4.18. The molecule has 0 amide bonds. The van der Waals surface area contributed by atoms with E-state index in [9.17, 15) is 5.11 Å². The molecule has 4 heteroatoms. The Hall–Kier alpha value is 0.110. The van der Waals surface area contributed by atoms with Gasteiger partial charge in [-0.3, -0.25) is 0 Å². The van der Waals surface area contributed by atoms with Crippen LogP contribution in [0.2, 0.25) is 10.0 Å². The number of hydrogen-bond acceptors (Lipinski definition) is 2. The molecule has 2 unspecified atom stereocenters. The maximum Gasteiger partial charge on any atom is 0.0804 e. The van der Waals surface area contributed by atoms with E-state index in [-0.39, 0.29) is 5.25 Å². The Morgan fingerprint density at radius 1 is 1.47 bits per heavy atom. The van der Waals surface area contributed by atoms with Crippen molar-refractivity contribution in [3.05, 3.63) is 33.8 Å². The van der Waals surface area contributed by atoms with E-state index < -0.39 is 5.60 Å². The maximum atomic E-state index is 10.7. The van der Waals surface area contributed by atoms with E-state index in [2.05, 4.69) is 6.92 Å². The van der Waals surface area contributed by atoms with Gasteiger partial charge in [-0.05, 0) is 30.2 Å². The smallest absolute Gasteiger partial charge is 0.0804 e. The number of thioether (sulfide) groups is 1. The quantitative estimate of drug-likeness (QED) is 0.882. The molecular formula is C13H16Cl2OS. The lowest BCUT2D eigenvalue weighted by molar-refractivity contribution is 0.0298. The minimum atomic E-state index is -0.656. The third kappa shape index (κ3) is 2.93. The van der Waals surface area contributed by atoms with E-state index >= 15 is 0 Å². The average molecular weight is 291 g/mol. The molecule has 2 rings (SSSR count). The lowest BCUT2D eigenvalue weighted by Crippen LogP contribution is -2.43. The molecule has 1 nitrogen and oxygen atoms in total. The molecule has 0 radical (unpaired) electrons. The molecule has 1 fully saturated rings. The first-order valence-corrected chi connectivity index (χ1v) is 7.60. The van der Waals surface area contributed by atoms with Crippen molar-refractivity contribution >= 4 is 35.0 Å². The highest BCUT2D eigenvalue weighted by molar-refractivity contribution is 8.00. The van der Waals surface area contributed by atoms with Crippen LogP contribution in [0.1, 0.15) is 25.3 Å². The van der Waals surface area contributed by atoms with Crippen molar-refractivity contribution < 1.29 is 5.11 Å². The summed E-state index contributed by atoms with van der Waals surface area (Å²) >= 11 is 14.0. The van der Waals surface area contributed by atoms with Crippen LogP contribution in [-0.2, 0) is 6.42 Å². The molecule has 0 spiro atoms. The van der Waals surface area contributed by atoms with Crippen molar-refractivity contribution in [3.63, 3.8) is 0 Å². The molecule has 17 heavy (non-hydrogen) atoms. The van der Waals surface area contributed by atoms with Gasteiger partial charge in [-0.15, -0.1) is 0 Å². The molecule has 0 aliphatic carbocycles. The molecule has 0 aromatic heterocycles. The van der Waals surface area contributed by atoms with Gasteiger partial charge in [0.25, 0.3) is 0 Å². The van der Waals surface area contributed by atoms with Crippen molar-refractivity contribution in [2.24, 2.45) is 0 Å². The van der Waals surface area contributed by atoms with Gasteiger partial charge in [0, 0.05) is 11.7 Å². The number of rotatable bonds is 2. The molecule has 0 saturated carbocycles. The van der Waals surface area contributed by atoms with E-state index in [4.69, 9.17) is 23.2 Å². The lowest BCUT2D eigenvalue weighted by atomic mass is 9.87. The Morgan fingerprint density at radius 3 is 2.94 bits per heavy atom. The Balaban J connectivity index is 2.22. The summed E-state index contributed by atoms with van der Waals surface area (Å²) in [7, 11) is 0. The predicted molar refractivity (Wildman–Crippen MR) is 76.3 cm³/mol. The fourth-order valence-electron chi connectivity index (χ4n) is 2.24. The third-order valence-electron chi connectivity index (χ3n) is 3.41. The number of halogens is 2. The van der Waals surface area contributed by atoms with Gasteiger partial charge in [-0.1, -0.05) is 42.3 Å². The maximum absolute atomic E-state index is 10.7. The SMILES string of the molecule is CC1SCCCC1(O)Cc1cccc(Cl)c1Cl. The van der Waals surface area contributed by atoms with Crippen LogP contribution in [-0.4, -0.2) is 21.7 Å². The highest BCUT2D eigenvalue weighted by Gasteiger charge is 2.37. The van der Waals surface area contributed by atoms with Crippen LogP contribution in [0.15, 0.2) is 18.2 Å². The monoisotopic (exact) mass is 290 g/mol. The summed E-state index contributed by atoms with van der Waals surface area (Å²) in [5.41, 5.74) is 0.285. The van der Waals surface area contributed by atoms with Crippen molar-refractivity contribution in [2.75, 3.05) is 5.75 Å². The van der Waals surface area contributed by atoms with Gasteiger partial charge in [-0.2, -0.15) is 11.8 Å². The molecule has 1 heterocycles. The van der Waals surface area contributed by atoms with Gasteiger partial charge < -0.3 is 5.11 Å². The summed E-state index contributed by atoms with van der Waals surface area (Å²) in [4.78, 5) is 0. The molecule has 1 aliphatic heterocycles. The minimum Gasteiger partial charge on any atom is -0.388 e. The van der Waals surface area contributed by atoms with Gasteiger partial charge in [0.2, 0.25) is 0 Å². The number of aliphatic hydroxyl groups is 1. The molecule has 1 N–H and O–H groups in total. The van der Waals surface area contributed by atoms with Crippen molar-refractivity contribution in [2.45, 2.75) is 37.0 Å². The van der Waals surface area contributed by atoms with E-state index in [0.717, 1.165) is 24.2 Å². The zero-order chi connectivity index (χ0) is 12.5. The molecule has 2 atom stereocenters. The van der Waals surface area contributed by atoms with Gasteiger partial charge >= 0.3 is 0 Å². The van der Waals surface area contributed by atoms with Gasteiger partial charge in [0.05, 0.1) is 15.6 Å². The minimum absolute atomic E-state index is 0.242. The van der Waals surface area contributed by atoms with E-state index in [0.29, 0.717) is 16.5 Å². The van der Waals surface area contributed by atoms with Gasteiger partial charge in [0.1, 0.15) is 0 Å². The van der Waals surface area contributed by atoms with Gasteiger partial charge in [-0.25, -0.2) is 0 Å².